The molecule has 1 atom stereocenters. The third-order valence-corrected chi connectivity index (χ3v) is 1.69. The highest BCUT2D eigenvalue weighted by molar-refractivity contribution is 5.67. The third kappa shape index (κ3) is 1.85. The minimum Gasteiger partial charge on any atom is -0.481 e. The van der Waals surface area contributed by atoms with Gasteiger partial charge in [0.1, 0.15) is 6.10 Å². The summed E-state index contributed by atoms with van der Waals surface area (Å²) in [6.45, 7) is 0. The topological polar surface area (TPSA) is 62.5 Å². The van der Waals surface area contributed by atoms with Gasteiger partial charge >= 0.3 is 5.97 Å². The maximum atomic E-state index is 10.2. The molecule has 1 aromatic rings. The van der Waals surface area contributed by atoms with Crippen molar-refractivity contribution in [2.24, 2.45) is 7.05 Å². The molecule has 0 saturated carbocycles. The predicted molar refractivity (Wildman–Crippen MR) is 42.6 cm³/mol. The van der Waals surface area contributed by atoms with Crippen LogP contribution in [-0.2, 0) is 11.8 Å². The average Bonchev–Trinajstić information content (AvgIpc) is 2.33. The van der Waals surface area contributed by atoms with Crippen molar-refractivity contribution in [3.8, 4) is 0 Å². The van der Waals surface area contributed by atoms with E-state index in [-0.39, 0.29) is 6.42 Å². The van der Waals surface area contributed by atoms with Crippen LogP contribution in [0.4, 0.5) is 0 Å². The van der Waals surface area contributed by atoms with Gasteiger partial charge in [-0.3, -0.25) is 4.79 Å². The van der Waals surface area contributed by atoms with Gasteiger partial charge in [-0.15, -0.1) is 0 Å². The Bertz CT molecular complexity index is 280. The van der Waals surface area contributed by atoms with E-state index in [9.17, 15) is 9.90 Å². The Kier molecular flexibility index (Phi) is 2.50. The number of nitrogens with zero attached hydrogens (tertiary/aromatic N) is 1. The number of aliphatic hydroxyl groups is 1. The summed E-state index contributed by atoms with van der Waals surface area (Å²) >= 11 is 0. The van der Waals surface area contributed by atoms with Crippen LogP contribution in [0.15, 0.2) is 18.3 Å². The summed E-state index contributed by atoms with van der Waals surface area (Å²) in [5, 5.41) is 17.8. The Labute approximate surface area is 70.1 Å². The number of aliphatic carboxylic acids is 1. The number of hydrogen-bond acceptors (Lipinski definition) is 2. The van der Waals surface area contributed by atoms with Gasteiger partial charge in [-0.25, -0.2) is 0 Å². The number of aromatic nitrogens is 1. The summed E-state index contributed by atoms with van der Waals surface area (Å²) < 4.78 is 1.70. The van der Waals surface area contributed by atoms with Gasteiger partial charge in [0.15, 0.2) is 0 Å². The van der Waals surface area contributed by atoms with Crippen molar-refractivity contribution in [1.82, 2.24) is 4.57 Å². The van der Waals surface area contributed by atoms with E-state index in [1.54, 1.807) is 29.9 Å². The van der Waals surface area contributed by atoms with E-state index in [2.05, 4.69) is 0 Å². The minimum atomic E-state index is -0.997. The van der Waals surface area contributed by atoms with Crippen LogP contribution in [0.2, 0.25) is 0 Å². The lowest BCUT2D eigenvalue weighted by Gasteiger charge is -2.08. The number of carboxylic acids is 1. The molecule has 2 N–H and O–H groups in total. The fourth-order valence-electron chi connectivity index (χ4n) is 1.09. The van der Waals surface area contributed by atoms with Gasteiger partial charge in [0.2, 0.25) is 0 Å². The van der Waals surface area contributed by atoms with E-state index >= 15 is 0 Å². The fourth-order valence-corrected chi connectivity index (χ4v) is 1.09. The zero-order valence-corrected chi connectivity index (χ0v) is 6.77. The second kappa shape index (κ2) is 3.40. The zero-order chi connectivity index (χ0) is 9.14. The molecule has 1 aromatic heterocycles. The van der Waals surface area contributed by atoms with E-state index in [4.69, 9.17) is 5.11 Å². The van der Waals surface area contributed by atoms with Crippen molar-refractivity contribution in [2.45, 2.75) is 12.5 Å². The van der Waals surface area contributed by atoms with Crippen LogP contribution in [-0.4, -0.2) is 20.7 Å². The Morgan fingerprint density at radius 3 is 2.83 bits per heavy atom. The lowest BCUT2D eigenvalue weighted by atomic mass is 10.2. The molecule has 0 aliphatic rings. The number of carboxylic acid groups (broad SMARTS) is 1. The average molecular weight is 169 g/mol. The molecule has 0 fully saturated rings. The molecule has 1 heterocycles. The standard InChI is InChI=1S/C8H11NO3/c1-9-4-2-3-6(9)7(10)5-8(11)12/h2-4,7,10H,5H2,1H3,(H,11,12). The van der Waals surface area contributed by atoms with Gasteiger partial charge in [-0.2, -0.15) is 0 Å². The van der Waals surface area contributed by atoms with E-state index in [1.165, 1.54) is 0 Å². The number of hydrogen-bond donors (Lipinski definition) is 2. The first-order valence-electron chi connectivity index (χ1n) is 3.62. The molecule has 12 heavy (non-hydrogen) atoms. The molecular formula is C8H11NO3. The van der Waals surface area contributed by atoms with Crippen molar-refractivity contribution in [2.75, 3.05) is 0 Å². The van der Waals surface area contributed by atoms with E-state index in [1.807, 2.05) is 0 Å². The van der Waals surface area contributed by atoms with Crippen LogP contribution < -0.4 is 0 Å². The summed E-state index contributed by atoms with van der Waals surface area (Å²) in [4.78, 5) is 10.2. The Hall–Kier alpha value is -1.29. The molecule has 0 radical (unpaired) electrons. The van der Waals surface area contributed by atoms with Gasteiger partial charge in [-0.1, -0.05) is 0 Å². The zero-order valence-electron chi connectivity index (χ0n) is 6.77. The predicted octanol–water partition coefficient (Wildman–Crippen LogP) is 0.533. The molecule has 0 aliphatic carbocycles. The lowest BCUT2D eigenvalue weighted by Crippen LogP contribution is -2.08. The molecule has 0 amide bonds. The summed E-state index contributed by atoms with van der Waals surface area (Å²) in [7, 11) is 1.76. The quantitative estimate of drug-likeness (QED) is 0.693. The Balaban J connectivity index is 2.71. The SMILES string of the molecule is Cn1cccc1C(O)CC(=O)O. The maximum absolute atomic E-state index is 10.2. The molecule has 0 saturated heterocycles. The van der Waals surface area contributed by atoms with Crippen LogP contribution in [0.3, 0.4) is 0 Å². The first-order chi connectivity index (χ1) is 5.61. The normalized spacial score (nSPS) is 12.8. The first-order valence-corrected chi connectivity index (χ1v) is 3.62. The van der Waals surface area contributed by atoms with Gasteiger partial charge in [0.05, 0.1) is 6.42 Å². The van der Waals surface area contributed by atoms with E-state index in [0.29, 0.717) is 5.69 Å². The van der Waals surface area contributed by atoms with Gasteiger partial charge in [0, 0.05) is 18.9 Å². The fraction of sp³-hybridized carbons (Fsp3) is 0.375. The molecule has 0 aromatic carbocycles. The Morgan fingerprint density at radius 1 is 1.75 bits per heavy atom. The van der Waals surface area contributed by atoms with Crippen molar-refractivity contribution < 1.29 is 15.0 Å². The van der Waals surface area contributed by atoms with Crippen LogP contribution in [0, 0.1) is 0 Å². The molecule has 0 spiro atoms. The van der Waals surface area contributed by atoms with Crippen LogP contribution >= 0.6 is 0 Å². The molecule has 4 heteroatoms. The molecule has 4 nitrogen and oxygen atoms in total. The second-order valence-electron chi connectivity index (χ2n) is 2.66. The highest BCUT2D eigenvalue weighted by Gasteiger charge is 2.13. The number of aryl methyl sites for hydroxylation is 1. The Morgan fingerprint density at radius 2 is 2.42 bits per heavy atom. The number of carbonyl (C=O) groups is 1. The largest absolute Gasteiger partial charge is 0.481 e. The summed E-state index contributed by atoms with van der Waals surface area (Å²) in [6.07, 6.45) is 0.598. The number of aliphatic hydroxyl groups excluding tert-OH is 1. The van der Waals surface area contributed by atoms with Crippen LogP contribution in [0.25, 0.3) is 0 Å². The molecule has 0 aliphatic heterocycles. The summed E-state index contributed by atoms with van der Waals surface area (Å²) in [5.41, 5.74) is 0.623. The molecule has 1 unspecified atom stereocenters. The highest BCUT2D eigenvalue weighted by Crippen LogP contribution is 2.15. The summed E-state index contributed by atoms with van der Waals surface area (Å²) in [5.74, 6) is -0.997. The molecule has 0 bridgehead atoms. The maximum Gasteiger partial charge on any atom is 0.306 e. The van der Waals surface area contributed by atoms with E-state index < -0.39 is 12.1 Å². The van der Waals surface area contributed by atoms with Crippen molar-refractivity contribution >= 4 is 5.97 Å². The van der Waals surface area contributed by atoms with Gasteiger partial charge in [-0.05, 0) is 12.1 Å². The minimum absolute atomic E-state index is 0.252. The lowest BCUT2D eigenvalue weighted by molar-refractivity contribution is -0.139. The third-order valence-electron chi connectivity index (χ3n) is 1.69. The monoisotopic (exact) mass is 169 g/mol. The van der Waals surface area contributed by atoms with Gasteiger partial charge in [0.25, 0.3) is 0 Å². The molecular weight excluding hydrogens is 158 g/mol. The highest BCUT2D eigenvalue weighted by atomic mass is 16.4. The molecule has 1 rings (SSSR count). The van der Waals surface area contributed by atoms with E-state index in [0.717, 1.165) is 0 Å². The van der Waals surface area contributed by atoms with Crippen LogP contribution in [0.1, 0.15) is 18.2 Å². The molecule has 66 valence electrons. The first kappa shape index (κ1) is 8.80. The van der Waals surface area contributed by atoms with Gasteiger partial charge < -0.3 is 14.8 Å². The second-order valence-corrected chi connectivity index (χ2v) is 2.66. The van der Waals surface area contributed by atoms with Crippen molar-refractivity contribution in [3.05, 3.63) is 24.0 Å². The van der Waals surface area contributed by atoms with Crippen LogP contribution in [0.5, 0.6) is 0 Å². The summed E-state index contributed by atoms with van der Waals surface area (Å²) in [6, 6.07) is 3.47. The smallest absolute Gasteiger partial charge is 0.306 e. The number of rotatable bonds is 3. The van der Waals surface area contributed by atoms with Crippen molar-refractivity contribution in [3.63, 3.8) is 0 Å². The van der Waals surface area contributed by atoms with Crippen molar-refractivity contribution in [1.29, 1.82) is 0 Å².